The van der Waals surface area contributed by atoms with E-state index in [1.807, 2.05) is 0 Å². The van der Waals surface area contributed by atoms with Crippen molar-refractivity contribution >= 4 is 0 Å². The minimum atomic E-state index is -0.319. The fraction of sp³-hybridized carbons (Fsp3) is 0.400. The maximum Gasteiger partial charge on any atom is 0.363 e. The average molecular weight is 125 g/mol. The molecule has 48 valence electrons. The maximum absolute atomic E-state index is 10.6. The van der Waals surface area contributed by atoms with Gasteiger partial charge in [0.1, 0.15) is 0 Å². The van der Waals surface area contributed by atoms with Crippen molar-refractivity contribution < 1.29 is 0 Å². The molecular formula is C5H7N3O. The third-order valence-corrected chi connectivity index (χ3v) is 0.946. The summed E-state index contributed by atoms with van der Waals surface area (Å²) in [6, 6.07) is 0. The highest BCUT2D eigenvalue weighted by atomic mass is 16.1. The predicted octanol–water partition coefficient (Wildman–Crippen LogP) is -0.516. The Morgan fingerprint density at radius 2 is 2.33 bits per heavy atom. The van der Waals surface area contributed by atoms with Crippen LogP contribution in [0.15, 0.2) is 11.0 Å². The first kappa shape index (κ1) is 5.94. The van der Waals surface area contributed by atoms with Gasteiger partial charge < -0.3 is 0 Å². The van der Waals surface area contributed by atoms with Crippen LogP contribution in [0.25, 0.3) is 0 Å². The van der Waals surface area contributed by atoms with Gasteiger partial charge in [0.25, 0.3) is 0 Å². The van der Waals surface area contributed by atoms with Crippen molar-refractivity contribution in [3.8, 4) is 0 Å². The van der Waals surface area contributed by atoms with Crippen LogP contribution in [0.2, 0.25) is 0 Å². The summed E-state index contributed by atoms with van der Waals surface area (Å²) < 4.78 is 1.20. The van der Waals surface area contributed by atoms with Crippen LogP contribution in [0.3, 0.4) is 0 Å². The molecule has 0 bridgehead atoms. The van der Waals surface area contributed by atoms with Gasteiger partial charge in [0, 0.05) is 7.05 Å². The van der Waals surface area contributed by atoms with Gasteiger partial charge in [0.05, 0.1) is 11.9 Å². The standard InChI is InChI=1S/C5H7N3O/c1-4-3-6-5(9)8(2)7-4/h3H,1-2H3. The second-order valence-electron chi connectivity index (χ2n) is 1.81. The van der Waals surface area contributed by atoms with E-state index in [1.165, 1.54) is 10.9 Å². The van der Waals surface area contributed by atoms with Crippen molar-refractivity contribution in [1.29, 1.82) is 0 Å². The van der Waals surface area contributed by atoms with Crippen molar-refractivity contribution in [1.82, 2.24) is 14.8 Å². The Balaban J connectivity index is 3.34. The minimum absolute atomic E-state index is 0.319. The number of hydrogen-bond donors (Lipinski definition) is 0. The van der Waals surface area contributed by atoms with Crippen molar-refractivity contribution in [2.75, 3.05) is 0 Å². The molecule has 9 heavy (non-hydrogen) atoms. The Bertz CT molecular complexity index is 265. The second-order valence-corrected chi connectivity index (χ2v) is 1.81. The molecule has 0 saturated heterocycles. The van der Waals surface area contributed by atoms with Gasteiger partial charge in [0.2, 0.25) is 0 Å². The van der Waals surface area contributed by atoms with E-state index in [4.69, 9.17) is 0 Å². The zero-order chi connectivity index (χ0) is 6.85. The molecule has 1 aromatic rings. The Kier molecular flexibility index (Phi) is 1.30. The van der Waals surface area contributed by atoms with E-state index in [-0.39, 0.29) is 5.69 Å². The maximum atomic E-state index is 10.6. The summed E-state index contributed by atoms with van der Waals surface area (Å²) in [5.41, 5.74) is 0.428. The molecule has 1 heterocycles. The molecule has 0 saturated carbocycles. The molecule has 0 atom stereocenters. The number of nitrogens with zero attached hydrogens (tertiary/aromatic N) is 3. The second kappa shape index (κ2) is 1.97. The van der Waals surface area contributed by atoms with Crippen molar-refractivity contribution in [3.05, 3.63) is 22.4 Å². The van der Waals surface area contributed by atoms with Crippen LogP contribution in [-0.2, 0) is 7.05 Å². The van der Waals surface area contributed by atoms with Gasteiger partial charge in [0.15, 0.2) is 0 Å². The fourth-order valence-electron chi connectivity index (χ4n) is 0.537. The highest BCUT2D eigenvalue weighted by Crippen LogP contribution is 1.77. The number of rotatable bonds is 0. The quantitative estimate of drug-likeness (QED) is 0.469. The molecule has 0 aliphatic carbocycles. The zero-order valence-electron chi connectivity index (χ0n) is 5.33. The average Bonchev–Trinajstić information content (AvgIpc) is 1.80. The summed E-state index contributed by atoms with van der Waals surface area (Å²) in [6.45, 7) is 1.78. The monoisotopic (exact) mass is 125 g/mol. The van der Waals surface area contributed by atoms with Gasteiger partial charge in [-0.2, -0.15) is 10.1 Å². The number of aryl methyl sites for hydroxylation is 2. The topological polar surface area (TPSA) is 47.8 Å². The van der Waals surface area contributed by atoms with Gasteiger partial charge in [-0.1, -0.05) is 0 Å². The van der Waals surface area contributed by atoms with E-state index < -0.39 is 0 Å². The largest absolute Gasteiger partial charge is 0.363 e. The number of aromatic nitrogens is 3. The van der Waals surface area contributed by atoms with Crippen LogP contribution < -0.4 is 5.69 Å². The van der Waals surface area contributed by atoms with Crippen molar-refractivity contribution in [3.63, 3.8) is 0 Å². The summed E-state index contributed by atoms with van der Waals surface area (Å²) in [7, 11) is 1.57. The summed E-state index contributed by atoms with van der Waals surface area (Å²) in [6.07, 6.45) is 1.45. The third-order valence-electron chi connectivity index (χ3n) is 0.946. The lowest BCUT2D eigenvalue weighted by atomic mass is 10.6. The van der Waals surface area contributed by atoms with Crippen LogP contribution in [-0.4, -0.2) is 14.8 Å². The Labute approximate surface area is 52.2 Å². The van der Waals surface area contributed by atoms with E-state index in [9.17, 15) is 4.79 Å². The van der Waals surface area contributed by atoms with E-state index in [0.29, 0.717) is 0 Å². The molecule has 0 amide bonds. The van der Waals surface area contributed by atoms with Crippen molar-refractivity contribution in [2.24, 2.45) is 7.05 Å². The molecular weight excluding hydrogens is 118 g/mol. The van der Waals surface area contributed by atoms with E-state index in [0.717, 1.165) is 5.69 Å². The van der Waals surface area contributed by atoms with Gasteiger partial charge in [-0.15, -0.1) is 0 Å². The molecule has 0 unspecified atom stereocenters. The third kappa shape index (κ3) is 1.13. The molecule has 1 rings (SSSR count). The summed E-state index contributed by atoms with van der Waals surface area (Å²) >= 11 is 0. The molecule has 0 aliphatic rings. The molecule has 0 aliphatic heterocycles. The van der Waals surface area contributed by atoms with Crippen LogP contribution in [0, 0.1) is 6.92 Å². The molecule has 0 radical (unpaired) electrons. The van der Waals surface area contributed by atoms with Crippen LogP contribution in [0.4, 0.5) is 0 Å². The van der Waals surface area contributed by atoms with Gasteiger partial charge >= 0.3 is 5.69 Å². The molecule has 0 fully saturated rings. The first-order chi connectivity index (χ1) is 4.20. The van der Waals surface area contributed by atoms with Gasteiger partial charge in [-0.25, -0.2) is 9.48 Å². The highest BCUT2D eigenvalue weighted by molar-refractivity contribution is 4.85. The zero-order valence-corrected chi connectivity index (χ0v) is 5.33. The van der Waals surface area contributed by atoms with E-state index in [2.05, 4.69) is 10.1 Å². The van der Waals surface area contributed by atoms with Crippen LogP contribution in [0.5, 0.6) is 0 Å². The molecule has 0 aromatic carbocycles. The summed E-state index contributed by atoms with van der Waals surface area (Å²) in [4.78, 5) is 14.1. The Hall–Kier alpha value is -1.19. The summed E-state index contributed by atoms with van der Waals surface area (Å²) in [5, 5.41) is 3.81. The molecule has 1 aromatic heterocycles. The SMILES string of the molecule is Cc1cnc(=O)n(C)n1. The minimum Gasteiger partial charge on any atom is -0.244 e. The lowest BCUT2D eigenvalue weighted by molar-refractivity contribution is 0.659. The normalized spacial score (nSPS) is 9.56. The first-order valence-corrected chi connectivity index (χ1v) is 2.57. The number of hydrogen-bond acceptors (Lipinski definition) is 3. The Morgan fingerprint density at radius 3 is 2.78 bits per heavy atom. The predicted molar refractivity (Wildman–Crippen MR) is 32.0 cm³/mol. The highest BCUT2D eigenvalue weighted by Gasteiger charge is 1.89. The smallest absolute Gasteiger partial charge is 0.244 e. The Morgan fingerprint density at radius 1 is 1.67 bits per heavy atom. The van der Waals surface area contributed by atoms with Gasteiger partial charge in [-0.3, -0.25) is 0 Å². The fourth-order valence-corrected chi connectivity index (χ4v) is 0.537. The first-order valence-electron chi connectivity index (χ1n) is 2.57. The molecule has 0 N–H and O–H groups in total. The van der Waals surface area contributed by atoms with Crippen LogP contribution >= 0.6 is 0 Å². The van der Waals surface area contributed by atoms with E-state index in [1.54, 1.807) is 14.0 Å². The molecule has 4 nitrogen and oxygen atoms in total. The van der Waals surface area contributed by atoms with Gasteiger partial charge in [-0.05, 0) is 6.92 Å². The van der Waals surface area contributed by atoms with Crippen LogP contribution in [0.1, 0.15) is 5.69 Å². The lowest BCUT2D eigenvalue weighted by Gasteiger charge is -1.92. The molecule has 4 heteroatoms. The molecule has 0 spiro atoms. The van der Waals surface area contributed by atoms with E-state index >= 15 is 0 Å². The van der Waals surface area contributed by atoms with Crippen molar-refractivity contribution in [2.45, 2.75) is 6.92 Å². The summed E-state index contributed by atoms with van der Waals surface area (Å²) in [5.74, 6) is 0. The lowest BCUT2D eigenvalue weighted by Crippen LogP contribution is -2.22.